The highest BCUT2D eigenvalue weighted by atomic mass is 16.7. The van der Waals surface area contributed by atoms with E-state index in [1.165, 1.54) is 0 Å². The Morgan fingerprint density at radius 1 is 0.420 bits per heavy atom. The minimum atomic E-state index is -1.66. The van der Waals surface area contributed by atoms with Crippen LogP contribution < -0.4 is 10.6 Å². The number of amides is 2. The molecule has 0 bridgehead atoms. The highest BCUT2D eigenvalue weighted by Gasteiger charge is 2.61. The molecule has 28 nitrogen and oxygen atoms in total. The summed E-state index contributed by atoms with van der Waals surface area (Å²) in [5, 5.41) is 163. The second-order valence-electron chi connectivity index (χ2n) is 28.2. The van der Waals surface area contributed by atoms with Crippen molar-refractivity contribution in [3.8, 4) is 0 Å². The molecule has 4 heterocycles. The van der Waals surface area contributed by atoms with Gasteiger partial charge in [0.1, 0.15) is 24.4 Å². The molecule has 0 spiro atoms. The van der Waals surface area contributed by atoms with Gasteiger partial charge in [-0.25, -0.2) is 0 Å². The van der Waals surface area contributed by atoms with Crippen molar-refractivity contribution in [1.29, 1.82) is 0 Å². The van der Waals surface area contributed by atoms with Crippen LogP contribution in [-0.4, -0.2) is 283 Å². The van der Waals surface area contributed by atoms with Crippen LogP contribution in [0.4, 0.5) is 0 Å². The molecule has 0 aromatic carbocycles. The molecular formula is C72H134N2O26. The maximum absolute atomic E-state index is 12.4. The number of unbranched alkanes of at least 4 members (excludes halogenated alkanes) is 9. The molecule has 4 saturated heterocycles. The van der Waals surface area contributed by atoms with Crippen LogP contribution in [0, 0.1) is 23.7 Å². The number of nitrogens with one attached hydrogen (secondary N) is 2. The first-order chi connectivity index (χ1) is 47.9. The lowest BCUT2D eigenvalue weighted by Crippen LogP contribution is -2.67. The van der Waals surface area contributed by atoms with Gasteiger partial charge in [-0.1, -0.05) is 118 Å². The van der Waals surface area contributed by atoms with Crippen molar-refractivity contribution in [3.63, 3.8) is 0 Å². The summed E-state index contributed by atoms with van der Waals surface area (Å²) in [4.78, 5) is 24.9. The molecular weight excluding hydrogens is 1310 g/mol. The van der Waals surface area contributed by atoms with E-state index in [4.69, 9.17) is 47.4 Å². The van der Waals surface area contributed by atoms with Crippen LogP contribution in [0.1, 0.15) is 209 Å². The van der Waals surface area contributed by atoms with E-state index in [0.29, 0.717) is 96.9 Å². The Morgan fingerprint density at radius 3 is 1.24 bits per heavy atom. The van der Waals surface area contributed by atoms with Crippen molar-refractivity contribution >= 4 is 11.8 Å². The second-order valence-corrected chi connectivity index (χ2v) is 28.2. The average Bonchev–Trinajstić information content (AvgIpc) is 0.760. The molecule has 0 saturated carbocycles. The first-order valence-corrected chi connectivity index (χ1v) is 37.7. The topological polar surface area (TPSA) is 434 Å². The summed E-state index contributed by atoms with van der Waals surface area (Å²) < 4.78 is 60.7. The number of hydrogen-bond donors (Lipinski definition) is 16. The van der Waals surface area contributed by atoms with E-state index in [0.717, 1.165) is 44.9 Å². The zero-order chi connectivity index (χ0) is 74.1. The number of carbonyl (C=O) groups is 2. The van der Waals surface area contributed by atoms with E-state index in [9.17, 15) is 81.1 Å². The molecule has 4 fully saturated rings. The molecule has 24 unspecified atom stereocenters. The Balaban J connectivity index is 1.04. The summed E-state index contributed by atoms with van der Waals surface area (Å²) in [6, 6.07) is 0. The lowest BCUT2D eigenvalue weighted by molar-refractivity contribution is -0.365. The summed E-state index contributed by atoms with van der Waals surface area (Å²) in [6.07, 6.45) is -6.40. The fourth-order valence-electron chi connectivity index (χ4n) is 15.1. The van der Waals surface area contributed by atoms with Crippen LogP contribution >= 0.6 is 0 Å². The first kappa shape index (κ1) is 90.1. The zero-order valence-electron chi connectivity index (χ0n) is 61.3. The Morgan fingerprint density at radius 2 is 0.800 bits per heavy atom. The number of allylic oxidation sites excluding steroid dienone is 1. The average molecular weight is 1440 g/mol. The lowest BCUT2D eigenvalue weighted by atomic mass is 9.71. The van der Waals surface area contributed by atoms with Gasteiger partial charge in [0.15, 0.2) is 25.2 Å². The Labute approximate surface area is 594 Å². The smallest absolute Gasteiger partial charge is 0.222 e. The molecule has 4 aliphatic rings. The van der Waals surface area contributed by atoms with Crippen molar-refractivity contribution < 1.29 is 128 Å². The maximum atomic E-state index is 12.4. The monoisotopic (exact) mass is 1440 g/mol. The van der Waals surface area contributed by atoms with E-state index in [1.807, 2.05) is 27.7 Å². The number of hydrogen-bond acceptors (Lipinski definition) is 26. The van der Waals surface area contributed by atoms with Crippen molar-refractivity contribution in [1.82, 2.24) is 10.6 Å². The minimum absolute atomic E-state index is 0.127. The molecule has 28 heteroatoms. The van der Waals surface area contributed by atoms with Crippen molar-refractivity contribution in [2.45, 2.75) is 330 Å². The van der Waals surface area contributed by atoms with Crippen LogP contribution in [0.15, 0.2) is 12.2 Å². The number of aliphatic hydroxyl groups excluding tert-OH is 12. The van der Waals surface area contributed by atoms with Crippen LogP contribution in [0.3, 0.4) is 0 Å². The van der Waals surface area contributed by atoms with Crippen LogP contribution in [0.2, 0.25) is 0 Å². The summed E-state index contributed by atoms with van der Waals surface area (Å²) in [7, 11) is 0. The second kappa shape index (κ2) is 46.7. The molecule has 0 aromatic heterocycles. The number of aliphatic hydroxyl groups is 14. The first-order valence-electron chi connectivity index (χ1n) is 37.7. The van der Waals surface area contributed by atoms with Gasteiger partial charge in [0, 0.05) is 76.0 Å². The molecule has 24 atom stereocenters. The Bertz CT molecular complexity index is 2220. The van der Waals surface area contributed by atoms with Crippen LogP contribution in [-0.2, 0) is 57.0 Å². The molecule has 588 valence electrons. The molecule has 2 amide bonds. The summed E-state index contributed by atoms with van der Waals surface area (Å²) in [5.41, 5.74) is -5.70. The number of rotatable bonds is 52. The van der Waals surface area contributed by atoms with E-state index in [2.05, 4.69) is 10.6 Å². The normalized spacial score (nSPS) is 33.0. The van der Waals surface area contributed by atoms with E-state index >= 15 is 0 Å². The van der Waals surface area contributed by atoms with E-state index in [1.54, 1.807) is 39.8 Å². The molecule has 16 N–H and O–H groups in total. The third-order valence-corrected chi connectivity index (χ3v) is 21.1. The zero-order valence-corrected chi connectivity index (χ0v) is 61.3. The summed E-state index contributed by atoms with van der Waals surface area (Å²) in [5.74, 6) is -4.45. The SMILES string of the molecule is C/C=C\CC(CC)(OC1OC(CO)C(C(O)(CC)CCCC)C(O)C1O)C1C(CO)OC(OCCCCCCNC(=O)CCOCCCOCCC(=O)NCCCCCCOC2OC(CO)C(C(CC)(CCCC)OC3OC(CO)C(C(C)(O)CCCC)C(O)C3O)C(O)C2O)C(O)C1O. The summed E-state index contributed by atoms with van der Waals surface area (Å²) >= 11 is 0. The van der Waals surface area contributed by atoms with E-state index < -0.39 is 171 Å². The van der Waals surface area contributed by atoms with Gasteiger partial charge in [-0.3, -0.25) is 9.59 Å². The number of carbonyl (C=O) groups excluding carboxylic acids is 2. The molecule has 100 heavy (non-hydrogen) atoms. The number of ether oxygens (including phenoxy) is 10. The largest absolute Gasteiger partial charge is 0.394 e. The third-order valence-electron chi connectivity index (χ3n) is 21.1. The fourth-order valence-corrected chi connectivity index (χ4v) is 15.1. The van der Waals surface area contributed by atoms with Crippen molar-refractivity contribution in [2.24, 2.45) is 23.7 Å². The standard InChI is InChI=1S/C72H134N2O26/c1-9-16-31-69(8,89)53-47(43-75)97-67(63(87)57(53)81)99-71(14-6,33-18-11-3)55-49(45-77)95-65(61(85)59(55)83)93-39-26-22-20-24-35-73-51(79)29-41-91-37-28-38-92-42-30-52(80)74-36-25-21-23-27-40-94-66-62(86)60(84)56(50(46-78)96-66)72(15-7,34-19-12-4)100-68-64(88)58(82)54(48(44-76)98-68)70(90,13-5)32-17-10-2/h12,19,47-50,53-68,75-78,81-90H,9-11,13-18,20-46H2,1-8H3,(H,73,79)(H,74,80)/b19-12-. The van der Waals surface area contributed by atoms with Gasteiger partial charge >= 0.3 is 0 Å². The quantitative estimate of drug-likeness (QED) is 0.0307. The van der Waals surface area contributed by atoms with Gasteiger partial charge in [-0.15, -0.1) is 0 Å². The van der Waals surface area contributed by atoms with Gasteiger partial charge in [0.2, 0.25) is 11.8 Å². The molecule has 4 aliphatic heterocycles. The molecule has 0 aromatic rings. The van der Waals surface area contributed by atoms with Gasteiger partial charge < -0.3 is 129 Å². The summed E-state index contributed by atoms with van der Waals surface area (Å²) in [6.45, 7) is 14.9. The van der Waals surface area contributed by atoms with Crippen LogP contribution in [0.25, 0.3) is 0 Å². The predicted molar refractivity (Wildman–Crippen MR) is 367 cm³/mol. The minimum Gasteiger partial charge on any atom is -0.394 e. The van der Waals surface area contributed by atoms with Gasteiger partial charge in [0.25, 0.3) is 0 Å². The molecule has 0 radical (unpaired) electrons. The van der Waals surface area contributed by atoms with Gasteiger partial charge in [-0.05, 0) is 90.9 Å². The highest BCUT2D eigenvalue weighted by molar-refractivity contribution is 5.76. The maximum Gasteiger partial charge on any atom is 0.222 e. The van der Waals surface area contributed by atoms with Gasteiger partial charge in [-0.2, -0.15) is 0 Å². The fraction of sp³-hybridized carbons (Fsp3) is 0.944. The van der Waals surface area contributed by atoms with Crippen molar-refractivity contribution in [3.05, 3.63) is 12.2 Å². The lowest BCUT2D eigenvalue weighted by Gasteiger charge is -2.54. The third kappa shape index (κ3) is 25.7. The molecule has 4 rings (SSSR count). The predicted octanol–water partition coefficient (Wildman–Crippen LogP) is 2.56. The molecule has 0 aliphatic carbocycles. The highest BCUT2D eigenvalue weighted by Crippen LogP contribution is 2.48. The Kier molecular flexibility index (Phi) is 42.1. The van der Waals surface area contributed by atoms with Gasteiger partial charge in [0.05, 0.1) is 111 Å². The van der Waals surface area contributed by atoms with E-state index in [-0.39, 0.29) is 76.8 Å². The van der Waals surface area contributed by atoms with Crippen molar-refractivity contribution in [2.75, 3.05) is 79.2 Å². The van der Waals surface area contributed by atoms with Crippen LogP contribution in [0.5, 0.6) is 0 Å². The Hall–Kier alpha value is -2.28.